The van der Waals surface area contributed by atoms with Gasteiger partial charge in [0.05, 0.1) is 4.92 Å². The van der Waals surface area contributed by atoms with Crippen LogP contribution in [-0.2, 0) is 4.84 Å². The van der Waals surface area contributed by atoms with Crippen molar-refractivity contribution in [3.8, 4) is 0 Å². The molecule has 0 unspecified atom stereocenters. The van der Waals surface area contributed by atoms with Crippen LogP contribution >= 0.6 is 11.3 Å². The van der Waals surface area contributed by atoms with Gasteiger partial charge in [-0.15, -0.1) is 0 Å². The average molecular weight is 188 g/mol. The SMILES string of the molecule is NOC(=O)c1ccc([N+](=O)[O-])s1. The summed E-state index contributed by atoms with van der Waals surface area (Å²) in [6.45, 7) is 0. The first-order valence-electron chi connectivity index (χ1n) is 2.80. The van der Waals surface area contributed by atoms with Crippen molar-refractivity contribution in [1.29, 1.82) is 0 Å². The van der Waals surface area contributed by atoms with Crippen LogP contribution in [0.2, 0.25) is 0 Å². The average Bonchev–Trinajstić information content (AvgIpc) is 2.51. The van der Waals surface area contributed by atoms with Crippen molar-refractivity contribution >= 4 is 22.3 Å². The molecule has 0 bridgehead atoms. The van der Waals surface area contributed by atoms with E-state index in [4.69, 9.17) is 0 Å². The maximum atomic E-state index is 10.7. The number of carbonyl (C=O) groups is 1. The Morgan fingerprint density at radius 2 is 2.33 bits per heavy atom. The number of nitro groups is 1. The molecule has 2 N–H and O–H groups in total. The number of carbonyl (C=O) groups excluding carboxylic acids is 1. The number of rotatable bonds is 2. The van der Waals surface area contributed by atoms with E-state index in [0.717, 1.165) is 11.3 Å². The second-order valence-electron chi connectivity index (χ2n) is 1.80. The van der Waals surface area contributed by atoms with Gasteiger partial charge in [-0.25, -0.2) is 4.79 Å². The summed E-state index contributed by atoms with van der Waals surface area (Å²) in [6.07, 6.45) is 0. The largest absolute Gasteiger partial charge is 0.369 e. The smallest absolute Gasteiger partial charge is 0.367 e. The fourth-order valence-electron chi connectivity index (χ4n) is 0.594. The van der Waals surface area contributed by atoms with Gasteiger partial charge in [-0.2, -0.15) is 5.90 Å². The van der Waals surface area contributed by atoms with E-state index in [2.05, 4.69) is 10.7 Å². The van der Waals surface area contributed by atoms with Crippen LogP contribution in [0.1, 0.15) is 9.67 Å². The molecular formula is C5H4N2O4S. The molecule has 0 fully saturated rings. The van der Waals surface area contributed by atoms with Gasteiger partial charge >= 0.3 is 11.0 Å². The number of hydrogen-bond acceptors (Lipinski definition) is 6. The fourth-order valence-corrected chi connectivity index (χ4v) is 1.30. The highest BCUT2D eigenvalue weighted by atomic mass is 32.1. The predicted molar refractivity (Wildman–Crippen MR) is 40.6 cm³/mol. The standard InChI is InChI=1S/C5H4N2O4S/c6-11-5(8)3-1-2-4(12-3)7(9)10/h1-2H,6H2. The molecule has 0 aliphatic carbocycles. The molecule has 0 aromatic carbocycles. The molecule has 0 aliphatic rings. The summed E-state index contributed by atoms with van der Waals surface area (Å²) in [4.78, 5) is 24.3. The maximum Gasteiger partial charge on any atom is 0.367 e. The van der Waals surface area contributed by atoms with Crippen molar-refractivity contribution in [2.75, 3.05) is 0 Å². The monoisotopic (exact) mass is 188 g/mol. The van der Waals surface area contributed by atoms with Gasteiger partial charge in [0.25, 0.3) is 0 Å². The van der Waals surface area contributed by atoms with Crippen LogP contribution in [-0.4, -0.2) is 10.9 Å². The summed E-state index contributed by atoms with van der Waals surface area (Å²) < 4.78 is 0. The molecule has 64 valence electrons. The van der Waals surface area contributed by atoms with E-state index < -0.39 is 10.9 Å². The molecule has 0 spiro atoms. The Kier molecular flexibility index (Phi) is 2.36. The minimum absolute atomic E-state index is 0.115. The van der Waals surface area contributed by atoms with E-state index in [1.54, 1.807) is 0 Å². The molecule has 12 heavy (non-hydrogen) atoms. The molecule has 1 aromatic rings. The van der Waals surface area contributed by atoms with Crippen molar-refractivity contribution in [3.05, 3.63) is 27.1 Å². The lowest BCUT2D eigenvalue weighted by Crippen LogP contribution is -2.07. The van der Waals surface area contributed by atoms with Crippen molar-refractivity contribution in [3.63, 3.8) is 0 Å². The summed E-state index contributed by atoms with van der Waals surface area (Å²) in [7, 11) is 0. The van der Waals surface area contributed by atoms with Crippen molar-refractivity contribution < 1.29 is 14.6 Å². The van der Waals surface area contributed by atoms with Gasteiger partial charge < -0.3 is 4.84 Å². The van der Waals surface area contributed by atoms with Gasteiger partial charge in [-0.1, -0.05) is 11.3 Å². The van der Waals surface area contributed by atoms with E-state index in [1.165, 1.54) is 12.1 Å². The molecule has 0 radical (unpaired) electrons. The first-order valence-corrected chi connectivity index (χ1v) is 3.62. The van der Waals surface area contributed by atoms with Gasteiger partial charge in [0.15, 0.2) is 0 Å². The molecule has 0 aliphatic heterocycles. The van der Waals surface area contributed by atoms with Crippen LogP contribution in [0.15, 0.2) is 12.1 Å². The van der Waals surface area contributed by atoms with Crippen molar-refractivity contribution in [2.24, 2.45) is 5.90 Å². The van der Waals surface area contributed by atoms with Crippen LogP contribution in [0, 0.1) is 10.1 Å². The number of hydrogen-bond donors (Lipinski definition) is 1. The lowest BCUT2D eigenvalue weighted by atomic mass is 10.5. The molecular weight excluding hydrogens is 184 g/mol. The molecule has 1 aromatic heterocycles. The van der Waals surface area contributed by atoms with Gasteiger partial charge in [0, 0.05) is 6.07 Å². The van der Waals surface area contributed by atoms with E-state index >= 15 is 0 Å². The van der Waals surface area contributed by atoms with Crippen molar-refractivity contribution in [1.82, 2.24) is 0 Å². The highest BCUT2D eigenvalue weighted by Crippen LogP contribution is 2.23. The molecule has 1 heterocycles. The summed E-state index contributed by atoms with van der Waals surface area (Å²) in [5, 5.41) is 10.0. The summed E-state index contributed by atoms with van der Waals surface area (Å²) >= 11 is 0.720. The minimum atomic E-state index is -0.770. The molecule has 0 amide bonds. The Bertz CT molecular complexity index is 321. The topological polar surface area (TPSA) is 95.5 Å². The van der Waals surface area contributed by atoms with Crippen molar-refractivity contribution in [2.45, 2.75) is 0 Å². The zero-order chi connectivity index (χ0) is 9.14. The lowest BCUT2D eigenvalue weighted by Gasteiger charge is -1.89. The third kappa shape index (κ3) is 1.57. The second kappa shape index (κ2) is 3.28. The third-order valence-electron chi connectivity index (χ3n) is 1.08. The van der Waals surface area contributed by atoms with Gasteiger partial charge in [-0.3, -0.25) is 10.1 Å². The van der Waals surface area contributed by atoms with Crippen LogP contribution in [0.3, 0.4) is 0 Å². The number of nitrogens with zero attached hydrogens (tertiary/aromatic N) is 1. The van der Waals surface area contributed by atoms with Gasteiger partial charge in [-0.05, 0) is 6.07 Å². The molecule has 1 rings (SSSR count). The van der Waals surface area contributed by atoms with Crippen LogP contribution in [0.25, 0.3) is 0 Å². The molecule has 6 nitrogen and oxygen atoms in total. The molecule has 0 saturated heterocycles. The first kappa shape index (κ1) is 8.62. The van der Waals surface area contributed by atoms with Gasteiger partial charge in [0.2, 0.25) is 0 Å². The van der Waals surface area contributed by atoms with Crippen LogP contribution < -0.4 is 5.90 Å². The fraction of sp³-hybridized carbons (Fsp3) is 0. The Morgan fingerprint density at radius 1 is 1.67 bits per heavy atom. The van der Waals surface area contributed by atoms with Gasteiger partial charge in [0.1, 0.15) is 4.88 Å². The molecule has 7 heteroatoms. The zero-order valence-corrected chi connectivity index (χ0v) is 6.54. The second-order valence-corrected chi connectivity index (χ2v) is 2.86. The summed E-state index contributed by atoms with van der Waals surface area (Å²) in [5.74, 6) is 3.81. The Balaban J connectivity index is 2.91. The Labute approximate surface area is 70.7 Å². The number of nitrogens with two attached hydrogens (primary N) is 1. The molecule has 0 saturated carbocycles. The van der Waals surface area contributed by atoms with E-state index in [0.29, 0.717) is 0 Å². The van der Waals surface area contributed by atoms with E-state index in [-0.39, 0.29) is 9.88 Å². The van der Waals surface area contributed by atoms with Crippen LogP contribution in [0.4, 0.5) is 5.00 Å². The third-order valence-corrected chi connectivity index (χ3v) is 2.10. The predicted octanol–water partition coefficient (Wildman–Crippen LogP) is 0.687. The lowest BCUT2D eigenvalue weighted by molar-refractivity contribution is -0.380. The Morgan fingerprint density at radius 3 is 2.75 bits per heavy atom. The quantitative estimate of drug-likeness (QED) is 0.544. The molecule has 0 atom stereocenters. The van der Waals surface area contributed by atoms with E-state index in [9.17, 15) is 14.9 Å². The Hall–Kier alpha value is -1.47. The van der Waals surface area contributed by atoms with E-state index in [1.807, 2.05) is 0 Å². The summed E-state index contributed by atoms with van der Waals surface area (Å²) in [5.41, 5.74) is 0. The first-order chi connectivity index (χ1) is 5.65. The highest BCUT2D eigenvalue weighted by molar-refractivity contribution is 7.17. The zero-order valence-electron chi connectivity index (χ0n) is 5.72. The minimum Gasteiger partial charge on any atom is -0.369 e. The maximum absolute atomic E-state index is 10.7. The van der Waals surface area contributed by atoms with Crippen LogP contribution in [0.5, 0.6) is 0 Å². The number of thiophene rings is 1. The normalized spacial score (nSPS) is 9.42. The highest BCUT2D eigenvalue weighted by Gasteiger charge is 2.15. The summed E-state index contributed by atoms with van der Waals surface area (Å²) in [6, 6.07) is 2.51.